The molecule has 0 unspecified atom stereocenters. The molecule has 1 atom stereocenters. The Morgan fingerprint density at radius 2 is 1.64 bits per heavy atom. The molecule has 0 saturated carbocycles. The molecule has 3 aromatic carbocycles. The summed E-state index contributed by atoms with van der Waals surface area (Å²) in [5.74, 6) is -0.153. The third-order valence-corrected chi connectivity index (χ3v) is 11.9. The van der Waals surface area contributed by atoms with Crippen LogP contribution in [0.3, 0.4) is 0 Å². The van der Waals surface area contributed by atoms with Crippen LogP contribution in [0.2, 0.25) is 18.1 Å². The van der Waals surface area contributed by atoms with Gasteiger partial charge in [-0.3, -0.25) is 4.79 Å². The first-order valence-electron chi connectivity index (χ1n) is 13.6. The molecule has 0 aliphatic heterocycles. The maximum atomic E-state index is 11.1. The fraction of sp³-hybridized carbons (Fsp3) is 0.406. The second-order valence-electron chi connectivity index (χ2n) is 11.5. The number of aliphatic hydroxyl groups is 1. The summed E-state index contributed by atoms with van der Waals surface area (Å²) in [6, 6.07) is 23.7. The van der Waals surface area contributed by atoms with Gasteiger partial charge in [-0.1, -0.05) is 81.4 Å². The highest BCUT2D eigenvalue weighted by Gasteiger charge is 2.39. The van der Waals surface area contributed by atoms with Gasteiger partial charge in [-0.15, -0.1) is 0 Å². The fourth-order valence-corrected chi connectivity index (χ4v) is 5.38. The second-order valence-corrected chi connectivity index (χ2v) is 16.3. The van der Waals surface area contributed by atoms with E-state index in [9.17, 15) is 9.90 Å². The van der Waals surface area contributed by atoms with Crippen LogP contribution < -0.4 is 10.1 Å². The summed E-state index contributed by atoms with van der Waals surface area (Å²) in [6.45, 7) is 12.9. The van der Waals surface area contributed by atoms with Crippen molar-refractivity contribution in [3.63, 3.8) is 0 Å². The van der Waals surface area contributed by atoms with Gasteiger partial charge in [-0.25, -0.2) is 0 Å². The van der Waals surface area contributed by atoms with Crippen LogP contribution in [0, 0.1) is 0 Å². The molecule has 0 heterocycles. The van der Waals surface area contributed by atoms with E-state index in [0.29, 0.717) is 18.9 Å². The molecule has 6 nitrogen and oxygen atoms in total. The van der Waals surface area contributed by atoms with Gasteiger partial charge < -0.3 is 24.7 Å². The summed E-state index contributed by atoms with van der Waals surface area (Å²) in [4.78, 5) is 11.1. The minimum absolute atomic E-state index is 0.0297. The predicted octanol–water partition coefficient (Wildman–Crippen LogP) is 6.28. The van der Waals surface area contributed by atoms with Crippen LogP contribution in [0.15, 0.2) is 72.8 Å². The number of carboxylic acids is 1. The van der Waals surface area contributed by atoms with E-state index >= 15 is 0 Å². The molecule has 210 valence electrons. The van der Waals surface area contributed by atoms with Crippen molar-refractivity contribution in [2.24, 2.45) is 0 Å². The Morgan fingerprint density at radius 3 is 2.31 bits per heavy atom. The third kappa shape index (κ3) is 9.32. The molecule has 0 aliphatic rings. The minimum atomic E-state index is -2.09. The molecule has 0 radical (unpaired) electrons. The van der Waals surface area contributed by atoms with Crippen molar-refractivity contribution in [1.82, 2.24) is 5.32 Å². The lowest BCUT2D eigenvalue weighted by Gasteiger charge is -2.39. The van der Waals surface area contributed by atoms with Crippen LogP contribution in [0.5, 0.6) is 5.75 Å². The lowest BCUT2D eigenvalue weighted by Crippen LogP contribution is -2.43. The van der Waals surface area contributed by atoms with Gasteiger partial charge in [0.1, 0.15) is 12.4 Å². The van der Waals surface area contributed by atoms with Crippen molar-refractivity contribution in [1.29, 1.82) is 0 Å². The third-order valence-electron chi connectivity index (χ3n) is 7.37. The van der Waals surface area contributed by atoms with Crippen molar-refractivity contribution in [2.45, 2.75) is 71.1 Å². The topological polar surface area (TPSA) is 88.0 Å². The van der Waals surface area contributed by atoms with Gasteiger partial charge in [-0.05, 0) is 65.5 Å². The van der Waals surface area contributed by atoms with Gasteiger partial charge in [0.25, 0.3) is 0 Å². The summed E-state index contributed by atoms with van der Waals surface area (Å²) in [5.41, 5.74) is 4.73. The molecular formula is C32H43NO5Si. The normalized spacial score (nSPS) is 12.8. The van der Waals surface area contributed by atoms with Gasteiger partial charge >= 0.3 is 5.97 Å². The smallest absolute Gasteiger partial charge is 0.307 e. The first-order chi connectivity index (χ1) is 18.5. The Morgan fingerprint density at radius 1 is 0.949 bits per heavy atom. The van der Waals surface area contributed by atoms with E-state index in [-0.39, 0.29) is 24.2 Å². The molecule has 0 spiro atoms. The number of nitrogens with one attached hydrogen (secondary N) is 1. The Labute approximate surface area is 234 Å². The number of carboxylic acid groups (broad SMARTS) is 1. The maximum Gasteiger partial charge on any atom is 0.307 e. The Hall–Kier alpha value is -2.97. The van der Waals surface area contributed by atoms with Crippen LogP contribution in [0.25, 0.3) is 0 Å². The van der Waals surface area contributed by atoms with Gasteiger partial charge in [0.15, 0.2) is 8.32 Å². The first kappa shape index (κ1) is 30.6. The average Bonchev–Trinajstić information content (AvgIpc) is 2.89. The number of aliphatic carboxylic acids is 1. The summed E-state index contributed by atoms with van der Waals surface area (Å²) in [6.07, 6.45) is 0.633. The zero-order valence-electron chi connectivity index (χ0n) is 23.9. The van der Waals surface area contributed by atoms with E-state index in [0.717, 1.165) is 40.8 Å². The quantitative estimate of drug-likeness (QED) is 0.162. The molecule has 0 bridgehead atoms. The zero-order chi connectivity index (χ0) is 28.5. The highest BCUT2D eigenvalue weighted by Crippen LogP contribution is 2.40. The summed E-state index contributed by atoms with van der Waals surface area (Å²) in [7, 11) is -2.09. The zero-order valence-corrected chi connectivity index (χ0v) is 24.9. The van der Waals surface area contributed by atoms with E-state index < -0.39 is 14.3 Å². The lowest BCUT2D eigenvalue weighted by atomic mass is 10.0. The number of carbonyl (C=O) groups is 1. The standard InChI is InChI=1S/C32H43NO5Si/c1-32(2,3)39(4,5)38-30(21-33-17-16-24-12-9-13-26(18-24)19-31(35)36)27-14-15-29(28(20-27)22-34)37-23-25-10-7-6-8-11-25/h6-15,18,20,30,33-34H,16-17,19,21-23H2,1-5H3,(H,35,36)/t30-/m1/s1. The molecule has 0 aromatic heterocycles. The molecule has 3 N–H and O–H groups in total. The Bertz CT molecular complexity index is 1210. The molecular weight excluding hydrogens is 506 g/mol. The van der Waals surface area contributed by atoms with Crippen molar-refractivity contribution in [3.05, 3.63) is 101 Å². The minimum Gasteiger partial charge on any atom is -0.489 e. The van der Waals surface area contributed by atoms with Crippen LogP contribution in [-0.2, 0) is 35.3 Å². The Balaban J connectivity index is 1.72. The Kier molecular flexibility index (Phi) is 10.9. The summed E-state index contributed by atoms with van der Waals surface area (Å²) < 4.78 is 12.9. The molecule has 0 amide bonds. The van der Waals surface area contributed by atoms with Crippen LogP contribution >= 0.6 is 0 Å². The number of aliphatic hydroxyl groups excluding tert-OH is 1. The number of benzene rings is 3. The second kappa shape index (κ2) is 13.9. The van der Waals surface area contributed by atoms with Gasteiger partial charge in [-0.2, -0.15) is 0 Å². The predicted molar refractivity (Wildman–Crippen MR) is 159 cm³/mol. The van der Waals surface area contributed by atoms with E-state index in [1.54, 1.807) is 0 Å². The van der Waals surface area contributed by atoms with Crippen LogP contribution in [0.4, 0.5) is 0 Å². The maximum absolute atomic E-state index is 11.1. The average molecular weight is 550 g/mol. The number of rotatable bonds is 14. The van der Waals surface area contributed by atoms with Crippen molar-refractivity contribution in [2.75, 3.05) is 13.1 Å². The van der Waals surface area contributed by atoms with Gasteiger partial charge in [0.2, 0.25) is 0 Å². The number of ether oxygens (including phenoxy) is 1. The van der Waals surface area contributed by atoms with Crippen molar-refractivity contribution >= 4 is 14.3 Å². The molecule has 0 fully saturated rings. The van der Waals surface area contributed by atoms with E-state index in [2.05, 4.69) is 39.2 Å². The lowest BCUT2D eigenvalue weighted by molar-refractivity contribution is -0.136. The van der Waals surface area contributed by atoms with Gasteiger partial charge in [0.05, 0.1) is 19.1 Å². The molecule has 3 aromatic rings. The number of hydrogen-bond donors (Lipinski definition) is 3. The highest BCUT2D eigenvalue weighted by molar-refractivity contribution is 6.74. The van der Waals surface area contributed by atoms with E-state index in [4.69, 9.17) is 14.3 Å². The molecule has 7 heteroatoms. The molecule has 0 saturated heterocycles. The van der Waals surface area contributed by atoms with Crippen LogP contribution in [0.1, 0.15) is 54.7 Å². The largest absolute Gasteiger partial charge is 0.489 e. The summed E-state index contributed by atoms with van der Waals surface area (Å²) >= 11 is 0. The fourth-order valence-electron chi connectivity index (χ4n) is 4.09. The van der Waals surface area contributed by atoms with Crippen LogP contribution in [-0.4, -0.2) is 37.6 Å². The molecule has 39 heavy (non-hydrogen) atoms. The van der Waals surface area contributed by atoms with Crippen molar-refractivity contribution < 1.29 is 24.2 Å². The number of hydrogen-bond acceptors (Lipinski definition) is 5. The van der Waals surface area contributed by atoms with E-state index in [1.165, 1.54) is 0 Å². The first-order valence-corrected chi connectivity index (χ1v) is 16.5. The van der Waals surface area contributed by atoms with E-state index in [1.807, 2.05) is 72.8 Å². The van der Waals surface area contributed by atoms with Crippen molar-refractivity contribution in [3.8, 4) is 5.75 Å². The molecule has 3 rings (SSSR count). The SMILES string of the molecule is CC(C)(C)[Si](C)(C)O[C@H](CNCCc1cccc(CC(=O)O)c1)c1ccc(OCc2ccccc2)c(CO)c1. The summed E-state index contributed by atoms with van der Waals surface area (Å²) in [5, 5.41) is 22.8. The molecule has 0 aliphatic carbocycles. The monoisotopic (exact) mass is 549 g/mol. The van der Waals surface area contributed by atoms with Gasteiger partial charge in [0, 0.05) is 12.1 Å². The highest BCUT2D eigenvalue weighted by atomic mass is 28.4.